The number of nitrogens with one attached hydrogen (secondary N) is 1. The van der Waals surface area contributed by atoms with Crippen LogP contribution in [0.15, 0.2) is 48.5 Å². The first-order chi connectivity index (χ1) is 11.6. The lowest BCUT2D eigenvalue weighted by Crippen LogP contribution is -2.37. The van der Waals surface area contributed by atoms with Gasteiger partial charge in [0.15, 0.2) is 17.6 Å². The second kappa shape index (κ2) is 9.18. The summed E-state index contributed by atoms with van der Waals surface area (Å²) in [4.78, 5) is 12.1. The van der Waals surface area contributed by atoms with E-state index < -0.39 is 6.10 Å². The van der Waals surface area contributed by atoms with Gasteiger partial charge in [-0.05, 0) is 43.5 Å². The summed E-state index contributed by atoms with van der Waals surface area (Å²) in [6.45, 7) is 2.29. The van der Waals surface area contributed by atoms with Crippen molar-refractivity contribution < 1.29 is 14.3 Å². The van der Waals surface area contributed by atoms with Gasteiger partial charge in [-0.3, -0.25) is 4.79 Å². The van der Waals surface area contributed by atoms with E-state index in [-0.39, 0.29) is 5.91 Å². The van der Waals surface area contributed by atoms with Crippen LogP contribution in [0.3, 0.4) is 0 Å². The molecule has 0 fully saturated rings. The first-order valence-corrected chi connectivity index (χ1v) is 8.30. The average molecular weight is 348 g/mol. The zero-order chi connectivity index (χ0) is 17.4. The molecular formula is C19H22ClNO3. The van der Waals surface area contributed by atoms with Gasteiger partial charge in [-0.2, -0.15) is 0 Å². The number of amides is 1. The highest BCUT2D eigenvalue weighted by Gasteiger charge is 2.16. The molecule has 0 bridgehead atoms. The van der Waals surface area contributed by atoms with Crippen LogP contribution in [0.2, 0.25) is 5.02 Å². The van der Waals surface area contributed by atoms with Crippen LogP contribution in [0, 0.1) is 0 Å². The second-order valence-electron chi connectivity index (χ2n) is 5.40. The van der Waals surface area contributed by atoms with E-state index in [0.29, 0.717) is 18.0 Å². The van der Waals surface area contributed by atoms with Crippen molar-refractivity contribution in [2.45, 2.75) is 25.9 Å². The first kappa shape index (κ1) is 18.1. The lowest BCUT2D eigenvalue weighted by Gasteiger charge is -2.16. The highest BCUT2D eigenvalue weighted by atomic mass is 35.5. The Morgan fingerprint density at radius 1 is 1.12 bits per heavy atom. The number of benzene rings is 2. The van der Waals surface area contributed by atoms with Crippen molar-refractivity contribution in [3.63, 3.8) is 0 Å². The quantitative estimate of drug-likeness (QED) is 0.737. The van der Waals surface area contributed by atoms with Gasteiger partial charge in [0.05, 0.1) is 7.11 Å². The van der Waals surface area contributed by atoms with E-state index in [1.54, 1.807) is 26.2 Å². The molecule has 0 aliphatic heterocycles. The largest absolute Gasteiger partial charge is 0.493 e. The van der Waals surface area contributed by atoms with Gasteiger partial charge >= 0.3 is 0 Å². The van der Waals surface area contributed by atoms with E-state index in [2.05, 4.69) is 5.32 Å². The molecule has 0 saturated heterocycles. The number of carbonyl (C=O) groups is 1. The Kier molecular flexibility index (Phi) is 6.94. The molecule has 1 unspecified atom stereocenters. The van der Waals surface area contributed by atoms with Gasteiger partial charge in [-0.15, -0.1) is 0 Å². The molecule has 128 valence electrons. The molecule has 1 N–H and O–H groups in total. The summed E-state index contributed by atoms with van der Waals surface area (Å²) in [7, 11) is 1.57. The van der Waals surface area contributed by atoms with E-state index >= 15 is 0 Å². The molecule has 2 rings (SSSR count). The predicted molar refractivity (Wildman–Crippen MR) is 95.9 cm³/mol. The fourth-order valence-corrected chi connectivity index (χ4v) is 2.53. The molecule has 0 aliphatic rings. The van der Waals surface area contributed by atoms with Crippen molar-refractivity contribution >= 4 is 17.5 Å². The molecule has 24 heavy (non-hydrogen) atoms. The number of aryl methyl sites for hydroxylation is 1. The smallest absolute Gasteiger partial charge is 0.260 e. The molecule has 1 atom stereocenters. The van der Waals surface area contributed by atoms with E-state index in [1.807, 2.05) is 36.4 Å². The maximum atomic E-state index is 12.1. The Balaban J connectivity index is 1.77. The van der Waals surface area contributed by atoms with Crippen LogP contribution in [0.25, 0.3) is 0 Å². The van der Waals surface area contributed by atoms with Gasteiger partial charge < -0.3 is 14.8 Å². The molecule has 0 spiro atoms. The minimum absolute atomic E-state index is 0.153. The number of para-hydroxylation sites is 2. The summed E-state index contributed by atoms with van der Waals surface area (Å²) in [5, 5.41) is 3.64. The average Bonchev–Trinajstić information content (AvgIpc) is 2.60. The van der Waals surface area contributed by atoms with E-state index in [9.17, 15) is 4.79 Å². The van der Waals surface area contributed by atoms with Gasteiger partial charge in [-0.1, -0.05) is 41.9 Å². The summed E-state index contributed by atoms with van der Waals surface area (Å²) < 4.78 is 10.9. The third-order valence-corrected chi connectivity index (χ3v) is 3.99. The monoisotopic (exact) mass is 347 g/mol. The molecule has 0 aromatic heterocycles. The predicted octanol–water partition coefficient (Wildman–Crippen LogP) is 3.86. The van der Waals surface area contributed by atoms with Crippen LogP contribution in [-0.2, 0) is 11.2 Å². The van der Waals surface area contributed by atoms with E-state index in [0.717, 1.165) is 23.4 Å². The number of halogens is 1. The molecule has 2 aromatic rings. The van der Waals surface area contributed by atoms with Gasteiger partial charge in [0, 0.05) is 11.6 Å². The Morgan fingerprint density at radius 2 is 1.79 bits per heavy atom. The van der Waals surface area contributed by atoms with E-state index in [1.165, 1.54) is 0 Å². The third kappa shape index (κ3) is 5.17. The maximum absolute atomic E-state index is 12.1. The normalized spacial score (nSPS) is 11.6. The standard InChI is InChI=1S/C19H22ClNO3/c1-14(24-18-12-6-5-11-17(18)23-2)19(22)21-13-7-9-15-8-3-4-10-16(15)20/h3-6,8,10-12,14H,7,9,13H2,1-2H3,(H,21,22). The van der Waals surface area contributed by atoms with Crippen LogP contribution in [-0.4, -0.2) is 25.7 Å². The minimum Gasteiger partial charge on any atom is -0.493 e. The van der Waals surface area contributed by atoms with Crippen molar-refractivity contribution in [2.24, 2.45) is 0 Å². The second-order valence-corrected chi connectivity index (χ2v) is 5.80. The number of rotatable bonds is 8. The Morgan fingerprint density at radius 3 is 2.50 bits per heavy atom. The van der Waals surface area contributed by atoms with Crippen LogP contribution in [0.1, 0.15) is 18.9 Å². The van der Waals surface area contributed by atoms with Gasteiger partial charge in [0.1, 0.15) is 0 Å². The molecule has 0 heterocycles. The molecule has 5 heteroatoms. The molecule has 4 nitrogen and oxygen atoms in total. The maximum Gasteiger partial charge on any atom is 0.260 e. The number of methoxy groups -OCH3 is 1. The zero-order valence-electron chi connectivity index (χ0n) is 13.9. The third-order valence-electron chi connectivity index (χ3n) is 3.62. The number of carbonyl (C=O) groups excluding carboxylic acids is 1. The topological polar surface area (TPSA) is 47.6 Å². The SMILES string of the molecule is COc1ccccc1OC(C)C(=O)NCCCc1ccccc1Cl. The summed E-state index contributed by atoms with van der Waals surface area (Å²) in [6.07, 6.45) is 1.04. The number of hydrogen-bond acceptors (Lipinski definition) is 3. The molecule has 1 amide bonds. The zero-order valence-corrected chi connectivity index (χ0v) is 14.7. The lowest BCUT2D eigenvalue weighted by molar-refractivity contribution is -0.127. The Labute approximate surface area is 147 Å². The van der Waals surface area contributed by atoms with Crippen molar-refractivity contribution in [3.8, 4) is 11.5 Å². The Hall–Kier alpha value is -2.20. The summed E-state index contributed by atoms with van der Waals surface area (Å²) in [5.74, 6) is 1.01. The van der Waals surface area contributed by atoms with Crippen LogP contribution < -0.4 is 14.8 Å². The van der Waals surface area contributed by atoms with Crippen molar-refractivity contribution in [1.82, 2.24) is 5.32 Å². The lowest BCUT2D eigenvalue weighted by atomic mass is 10.1. The van der Waals surface area contributed by atoms with Crippen molar-refractivity contribution in [2.75, 3.05) is 13.7 Å². The summed E-state index contributed by atoms with van der Waals surface area (Å²) >= 11 is 6.12. The van der Waals surface area contributed by atoms with Gasteiger partial charge in [0.2, 0.25) is 0 Å². The summed E-state index contributed by atoms with van der Waals surface area (Å²) in [5.41, 5.74) is 1.09. The van der Waals surface area contributed by atoms with Gasteiger partial charge in [-0.25, -0.2) is 0 Å². The minimum atomic E-state index is -0.596. The first-order valence-electron chi connectivity index (χ1n) is 7.92. The molecule has 0 saturated carbocycles. The van der Waals surface area contributed by atoms with Gasteiger partial charge in [0.25, 0.3) is 5.91 Å². The Bertz CT molecular complexity index is 675. The number of ether oxygens (including phenoxy) is 2. The highest BCUT2D eigenvalue weighted by molar-refractivity contribution is 6.31. The van der Waals surface area contributed by atoms with Crippen LogP contribution in [0.5, 0.6) is 11.5 Å². The van der Waals surface area contributed by atoms with E-state index in [4.69, 9.17) is 21.1 Å². The van der Waals surface area contributed by atoms with Crippen LogP contribution in [0.4, 0.5) is 0 Å². The number of hydrogen-bond donors (Lipinski definition) is 1. The molecular weight excluding hydrogens is 326 g/mol. The fourth-order valence-electron chi connectivity index (χ4n) is 2.30. The molecule has 0 aliphatic carbocycles. The molecule has 2 aromatic carbocycles. The summed E-state index contributed by atoms with van der Waals surface area (Å²) in [6, 6.07) is 15.0. The van der Waals surface area contributed by atoms with Crippen molar-refractivity contribution in [1.29, 1.82) is 0 Å². The highest BCUT2D eigenvalue weighted by Crippen LogP contribution is 2.26. The van der Waals surface area contributed by atoms with Crippen molar-refractivity contribution in [3.05, 3.63) is 59.1 Å². The fraction of sp³-hybridized carbons (Fsp3) is 0.316. The van der Waals surface area contributed by atoms with Crippen LogP contribution >= 0.6 is 11.6 Å². The molecule has 0 radical (unpaired) electrons.